The Labute approximate surface area is 136 Å². The van der Waals surface area contributed by atoms with Crippen molar-refractivity contribution in [2.75, 3.05) is 0 Å². The van der Waals surface area contributed by atoms with Gasteiger partial charge in [0, 0.05) is 0 Å². The van der Waals surface area contributed by atoms with E-state index >= 15 is 0 Å². The third kappa shape index (κ3) is 5.93. The molecule has 2 aromatic carbocycles. The molecule has 0 saturated heterocycles. The van der Waals surface area contributed by atoms with Gasteiger partial charge < -0.3 is 4.74 Å². The van der Waals surface area contributed by atoms with Crippen molar-refractivity contribution in [1.29, 1.82) is 0 Å². The zero-order chi connectivity index (χ0) is 16.2. The summed E-state index contributed by atoms with van der Waals surface area (Å²) in [6.07, 6.45) is 6.34. The molecule has 0 radical (unpaired) electrons. The summed E-state index contributed by atoms with van der Waals surface area (Å²) < 4.78 is 5.80. The quantitative estimate of drug-likeness (QED) is 0.605. The first-order valence-electron chi connectivity index (χ1n) is 8.68. The maximum atomic E-state index is 5.80. The second-order valence-corrected chi connectivity index (χ2v) is 5.20. The molecule has 0 N–H and O–H groups in total. The molecular formula is C21H30O. The van der Waals surface area contributed by atoms with Crippen molar-refractivity contribution < 1.29 is 4.74 Å². The van der Waals surface area contributed by atoms with E-state index in [2.05, 4.69) is 32.0 Å². The molecule has 0 spiro atoms. The Balaban J connectivity index is 0.000000354. The molecule has 0 fully saturated rings. The molecule has 0 saturated carbocycles. The number of rotatable bonds is 3. The molecule has 3 rings (SSSR count). The van der Waals surface area contributed by atoms with Gasteiger partial charge >= 0.3 is 0 Å². The SMILES string of the molecule is CC.CCCC.c1ccc(Oc2ccc3c(c2)CCC3)cc1. The predicted molar refractivity (Wildman–Crippen MR) is 96.9 cm³/mol. The summed E-state index contributed by atoms with van der Waals surface area (Å²) in [6, 6.07) is 16.4. The fraction of sp³-hybridized carbons (Fsp3) is 0.429. The van der Waals surface area contributed by atoms with E-state index in [0.717, 1.165) is 11.5 Å². The lowest BCUT2D eigenvalue weighted by Gasteiger charge is -2.07. The highest BCUT2D eigenvalue weighted by Gasteiger charge is 2.11. The minimum absolute atomic E-state index is 0.903. The van der Waals surface area contributed by atoms with Crippen LogP contribution in [0.4, 0.5) is 0 Å². The van der Waals surface area contributed by atoms with Gasteiger partial charge in [-0.05, 0) is 54.7 Å². The van der Waals surface area contributed by atoms with Gasteiger partial charge in [-0.1, -0.05) is 64.8 Å². The van der Waals surface area contributed by atoms with Crippen LogP contribution in [0.5, 0.6) is 11.5 Å². The molecule has 0 unspecified atom stereocenters. The van der Waals surface area contributed by atoms with Crippen molar-refractivity contribution in [3.8, 4) is 11.5 Å². The summed E-state index contributed by atoms with van der Waals surface area (Å²) in [5.74, 6) is 1.85. The van der Waals surface area contributed by atoms with Gasteiger partial charge in [-0.15, -0.1) is 0 Å². The number of hydrogen-bond donors (Lipinski definition) is 0. The molecule has 120 valence electrons. The Morgan fingerprint density at radius 3 is 2.05 bits per heavy atom. The average molecular weight is 298 g/mol. The predicted octanol–water partition coefficient (Wildman–Crippen LogP) is 6.80. The largest absolute Gasteiger partial charge is 0.457 e. The molecule has 22 heavy (non-hydrogen) atoms. The first-order valence-corrected chi connectivity index (χ1v) is 8.68. The third-order valence-electron chi connectivity index (χ3n) is 3.55. The number of benzene rings is 2. The zero-order valence-electron chi connectivity index (χ0n) is 14.6. The fourth-order valence-corrected chi connectivity index (χ4v) is 2.24. The molecule has 0 bridgehead atoms. The van der Waals surface area contributed by atoms with Crippen molar-refractivity contribution in [2.45, 2.75) is 59.8 Å². The molecule has 0 atom stereocenters. The van der Waals surface area contributed by atoms with E-state index in [-0.39, 0.29) is 0 Å². The first kappa shape index (κ1) is 18.3. The van der Waals surface area contributed by atoms with Crippen LogP contribution in [-0.2, 0) is 12.8 Å². The van der Waals surface area contributed by atoms with Crippen molar-refractivity contribution in [3.05, 3.63) is 59.7 Å². The number of fused-ring (bicyclic) bond motifs is 1. The molecule has 1 nitrogen and oxygen atoms in total. The van der Waals surface area contributed by atoms with Gasteiger partial charge in [-0.2, -0.15) is 0 Å². The summed E-state index contributed by atoms with van der Waals surface area (Å²) >= 11 is 0. The molecule has 0 aliphatic heterocycles. The molecule has 2 aromatic rings. The van der Waals surface area contributed by atoms with Gasteiger partial charge in [0.15, 0.2) is 0 Å². The lowest BCUT2D eigenvalue weighted by Crippen LogP contribution is -1.87. The Hall–Kier alpha value is -1.76. The third-order valence-corrected chi connectivity index (χ3v) is 3.55. The Kier molecular flexibility index (Phi) is 9.06. The van der Waals surface area contributed by atoms with Gasteiger partial charge in [-0.3, -0.25) is 0 Å². The summed E-state index contributed by atoms with van der Waals surface area (Å²) in [5, 5.41) is 0. The van der Waals surface area contributed by atoms with Crippen LogP contribution in [-0.4, -0.2) is 0 Å². The van der Waals surface area contributed by atoms with Crippen LogP contribution in [0.15, 0.2) is 48.5 Å². The highest BCUT2D eigenvalue weighted by atomic mass is 16.5. The number of hydrogen-bond acceptors (Lipinski definition) is 1. The Morgan fingerprint density at radius 1 is 0.773 bits per heavy atom. The van der Waals surface area contributed by atoms with Crippen LogP contribution >= 0.6 is 0 Å². The van der Waals surface area contributed by atoms with E-state index in [1.54, 1.807) is 0 Å². The fourth-order valence-electron chi connectivity index (χ4n) is 2.24. The smallest absolute Gasteiger partial charge is 0.127 e. The minimum atomic E-state index is 0.903. The molecule has 1 aliphatic rings. The second-order valence-electron chi connectivity index (χ2n) is 5.20. The molecule has 0 amide bonds. The summed E-state index contributed by atoms with van der Waals surface area (Å²) in [6.45, 7) is 8.36. The van der Waals surface area contributed by atoms with Gasteiger partial charge in [0.1, 0.15) is 11.5 Å². The lowest BCUT2D eigenvalue weighted by atomic mass is 10.1. The standard InChI is InChI=1S/C15H14O.C4H10.C2H6/c1-2-7-14(8-3-1)16-15-10-9-12-5-4-6-13(12)11-15;1-3-4-2;1-2/h1-3,7-11H,4-6H2;3-4H2,1-2H3;1-2H3. The van der Waals surface area contributed by atoms with Crippen LogP contribution in [0.3, 0.4) is 0 Å². The van der Waals surface area contributed by atoms with Crippen LogP contribution < -0.4 is 4.74 Å². The lowest BCUT2D eigenvalue weighted by molar-refractivity contribution is 0.482. The summed E-state index contributed by atoms with van der Waals surface area (Å²) in [4.78, 5) is 0. The van der Waals surface area contributed by atoms with Gasteiger partial charge in [-0.25, -0.2) is 0 Å². The maximum absolute atomic E-state index is 5.80. The van der Waals surface area contributed by atoms with Crippen LogP contribution in [0.2, 0.25) is 0 Å². The molecule has 1 heteroatoms. The monoisotopic (exact) mass is 298 g/mol. The van der Waals surface area contributed by atoms with E-state index in [1.807, 2.05) is 44.2 Å². The average Bonchev–Trinajstić information content (AvgIpc) is 3.05. The molecule has 0 aromatic heterocycles. The molecule has 1 aliphatic carbocycles. The van der Waals surface area contributed by atoms with Crippen molar-refractivity contribution in [2.24, 2.45) is 0 Å². The van der Waals surface area contributed by atoms with Crippen LogP contribution in [0.1, 0.15) is 58.1 Å². The number of unbranched alkanes of at least 4 members (excludes halogenated alkanes) is 1. The first-order chi connectivity index (χ1) is 10.8. The topological polar surface area (TPSA) is 9.23 Å². The van der Waals surface area contributed by atoms with E-state index < -0.39 is 0 Å². The van der Waals surface area contributed by atoms with Gasteiger partial charge in [0.2, 0.25) is 0 Å². The van der Waals surface area contributed by atoms with Gasteiger partial charge in [0.05, 0.1) is 0 Å². The van der Waals surface area contributed by atoms with E-state index in [1.165, 1.54) is 43.2 Å². The maximum Gasteiger partial charge on any atom is 0.127 e. The summed E-state index contributed by atoms with van der Waals surface area (Å²) in [7, 11) is 0. The van der Waals surface area contributed by atoms with E-state index in [9.17, 15) is 0 Å². The number of para-hydroxylation sites is 1. The van der Waals surface area contributed by atoms with E-state index in [0.29, 0.717) is 0 Å². The van der Waals surface area contributed by atoms with Crippen LogP contribution in [0.25, 0.3) is 0 Å². The highest BCUT2D eigenvalue weighted by Crippen LogP contribution is 2.28. The Bertz CT molecular complexity index is 515. The molecular weight excluding hydrogens is 268 g/mol. The number of aryl methyl sites for hydroxylation is 2. The normalized spacial score (nSPS) is 11.5. The summed E-state index contributed by atoms with van der Waals surface area (Å²) in [5.41, 5.74) is 2.94. The molecule has 0 heterocycles. The zero-order valence-corrected chi connectivity index (χ0v) is 14.6. The van der Waals surface area contributed by atoms with Crippen molar-refractivity contribution in [3.63, 3.8) is 0 Å². The highest BCUT2D eigenvalue weighted by molar-refractivity contribution is 5.40. The minimum Gasteiger partial charge on any atom is -0.457 e. The number of ether oxygens (including phenoxy) is 1. The Morgan fingerprint density at radius 2 is 1.41 bits per heavy atom. The van der Waals surface area contributed by atoms with Crippen LogP contribution in [0, 0.1) is 0 Å². The van der Waals surface area contributed by atoms with E-state index in [4.69, 9.17) is 4.74 Å². The van der Waals surface area contributed by atoms with Gasteiger partial charge in [0.25, 0.3) is 0 Å². The van der Waals surface area contributed by atoms with Crippen molar-refractivity contribution >= 4 is 0 Å². The second kappa shape index (κ2) is 10.9. The van der Waals surface area contributed by atoms with Crippen molar-refractivity contribution in [1.82, 2.24) is 0 Å².